The molecule has 7 N–H and O–H groups in total. The minimum atomic E-state index is -1.42. The number of fused-ring (bicyclic) bond motifs is 1. The van der Waals surface area contributed by atoms with Crippen LogP contribution in [0.1, 0.15) is 12.6 Å². The first kappa shape index (κ1) is 22.2. The molecular weight excluding hydrogens is 420 g/mol. The fraction of sp³-hybridized carbons (Fsp3) is 0.562. The largest absolute Gasteiger partial charge is 0.548 e. The number of aliphatic hydroxyl groups is 2. The zero-order valence-electron chi connectivity index (χ0n) is 15.7. The second-order valence-corrected chi connectivity index (χ2v) is 9.12. The number of carboxylic acids is 2. The maximum atomic E-state index is 11.2. The number of aromatic nitrogens is 4. The van der Waals surface area contributed by atoms with Crippen LogP contribution >= 0.6 is 0 Å². The van der Waals surface area contributed by atoms with Gasteiger partial charge in [-0.2, -0.15) is 0 Å². The number of carbonyl (C=O) groups is 2. The summed E-state index contributed by atoms with van der Waals surface area (Å²) in [6.45, 7) is 0. The van der Waals surface area contributed by atoms with Gasteiger partial charge in [-0.3, -0.25) is 4.57 Å². The van der Waals surface area contributed by atoms with Crippen LogP contribution in [-0.2, 0) is 25.2 Å². The molecule has 6 atom stereocenters. The lowest BCUT2D eigenvalue weighted by Crippen LogP contribution is -2.44. The molecule has 0 spiro atoms. The zero-order chi connectivity index (χ0) is 22.0. The van der Waals surface area contributed by atoms with E-state index in [9.17, 15) is 24.9 Å². The second kappa shape index (κ2) is 9.09. The summed E-state index contributed by atoms with van der Waals surface area (Å²) in [6.07, 6.45) is -1.93. The van der Waals surface area contributed by atoms with E-state index in [0.717, 1.165) is 0 Å². The van der Waals surface area contributed by atoms with E-state index in [4.69, 9.17) is 21.3 Å². The van der Waals surface area contributed by atoms with Gasteiger partial charge in [-0.15, -0.1) is 0 Å². The lowest BCUT2D eigenvalue weighted by atomic mass is 10.1. The summed E-state index contributed by atoms with van der Waals surface area (Å²) in [5.74, 6) is -2.29. The maximum Gasteiger partial charge on any atom is 0.353 e. The molecule has 1 saturated heterocycles. The Balaban J connectivity index is 1.74. The molecule has 13 nitrogen and oxygen atoms in total. The molecule has 30 heavy (non-hydrogen) atoms. The Morgan fingerprint density at radius 2 is 2.03 bits per heavy atom. The van der Waals surface area contributed by atoms with Crippen LogP contribution < -0.4 is 16.6 Å². The van der Waals surface area contributed by atoms with Gasteiger partial charge >= 0.3 is 5.97 Å². The van der Waals surface area contributed by atoms with Crippen molar-refractivity contribution in [1.29, 1.82) is 0 Å². The van der Waals surface area contributed by atoms with Crippen LogP contribution in [0.15, 0.2) is 12.7 Å². The number of hydrogen-bond donors (Lipinski definition) is 5. The fourth-order valence-corrected chi connectivity index (χ4v) is 5.29. The van der Waals surface area contributed by atoms with Crippen molar-refractivity contribution >= 4 is 39.8 Å². The Bertz CT molecular complexity index is 927. The normalized spacial score (nSPS) is 26.0. The Hall–Kier alpha value is -2.52. The minimum absolute atomic E-state index is 0.0237. The number of rotatable bonds is 9. The predicted octanol–water partition coefficient (Wildman–Crippen LogP) is -3.80. The number of nitrogens with two attached hydrogens (primary N) is 2. The Labute approximate surface area is 173 Å². The molecule has 0 saturated carbocycles. The van der Waals surface area contributed by atoms with Crippen LogP contribution in [0.3, 0.4) is 0 Å². The van der Waals surface area contributed by atoms with Gasteiger partial charge in [0.25, 0.3) is 0 Å². The number of nitrogen functional groups attached to an aromatic ring is 1. The second-order valence-electron chi connectivity index (χ2n) is 6.86. The number of ether oxygens (including phenoxy) is 1. The minimum Gasteiger partial charge on any atom is -0.548 e. The molecule has 3 rings (SSSR count). The fourth-order valence-electron chi connectivity index (χ4n) is 3.19. The Morgan fingerprint density at radius 1 is 1.30 bits per heavy atom. The molecule has 164 valence electrons. The number of anilines is 1. The van der Waals surface area contributed by atoms with E-state index in [-0.39, 0.29) is 29.5 Å². The third-order valence-electron chi connectivity index (χ3n) is 4.75. The van der Waals surface area contributed by atoms with Gasteiger partial charge < -0.3 is 41.4 Å². The lowest BCUT2D eigenvalue weighted by molar-refractivity contribution is -0.307. The van der Waals surface area contributed by atoms with Crippen molar-refractivity contribution in [2.24, 2.45) is 5.73 Å². The SMILES string of the molecule is Nc1ncnc2c1ncn2[C@@H]1O[C@H](C[S+](CC[C@H](N)C(=O)[O-])CC(=O)O)[C@@H](O)[C@H]1O. The van der Waals surface area contributed by atoms with Gasteiger partial charge in [-0.1, -0.05) is 0 Å². The number of nitrogens with zero attached hydrogens (tertiary/aromatic N) is 4. The van der Waals surface area contributed by atoms with Crippen molar-refractivity contribution in [3.63, 3.8) is 0 Å². The van der Waals surface area contributed by atoms with Gasteiger partial charge in [0.2, 0.25) is 5.75 Å². The summed E-state index contributed by atoms with van der Waals surface area (Å²) in [5.41, 5.74) is 11.8. The van der Waals surface area contributed by atoms with E-state index in [2.05, 4.69) is 15.0 Å². The number of hydrogen-bond acceptors (Lipinski definition) is 11. The molecule has 14 heteroatoms. The van der Waals surface area contributed by atoms with Crippen molar-refractivity contribution in [2.75, 3.05) is 23.0 Å². The smallest absolute Gasteiger partial charge is 0.353 e. The van der Waals surface area contributed by atoms with Crippen LogP contribution in [-0.4, -0.2) is 88.4 Å². The van der Waals surface area contributed by atoms with Crippen LogP contribution in [0.2, 0.25) is 0 Å². The lowest BCUT2D eigenvalue weighted by Gasteiger charge is -2.17. The molecule has 0 aromatic carbocycles. The van der Waals surface area contributed by atoms with E-state index in [1.54, 1.807) is 0 Å². The van der Waals surface area contributed by atoms with Crippen molar-refractivity contribution in [3.8, 4) is 0 Å². The molecule has 1 unspecified atom stereocenters. The molecule has 0 radical (unpaired) electrons. The molecule has 1 aliphatic rings. The average Bonchev–Trinajstić information content (AvgIpc) is 3.22. The highest BCUT2D eigenvalue weighted by Gasteiger charge is 2.47. The van der Waals surface area contributed by atoms with E-state index in [0.29, 0.717) is 11.2 Å². The van der Waals surface area contributed by atoms with Gasteiger partial charge in [0, 0.05) is 23.4 Å². The first-order valence-corrected chi connectivity index (χ1v) is 10.7. The number of aliphatic carboxylic acids is 2. The maximum absolute atomic E-state index is 11.2. The highest BCUT2D eigenvalue weighted by Crippen LogP contribution is 2.33. The zero-order valence-corrected chi connectivity index (χ0v) is 16.5. The first-order chi connectivity index (χ1) is 14.2. The summed E-state index contributed by atoms with van der Waals surface area (Å²) in [4.78, 5) is 34.0. The summed E-state index contributed by atoms with van der Waals surface area (Å²) in [5, 5.41) is 40.9. The number of carboxylic acid groups (broad SMARTS) is 2. The Morgan fingerprint density at radius 3 is 2.70 bits per heavy atom. The molecule has 2 aromatic rings. The highest BCUT2D eigenvalue weighted by atomic mass is 32.2. The average molecular weight is 442 g/mol. The molecule has 1 aliphatic heterocycles. The molecular formula is C16H22N6O7S. The van der Waals surface area contributed by atoms with Crippen molar-refractivity contribution in [2.45, 2.75) is 37.0 Å². The summed E-state index contributed by atoms with van der Waals surface area (Å²) < 4.78 is 7.24. The number of aliphatic hydroxyl groups excluding tert-OH is 2. The third kappa shape index (κ3) is 4.62. The van der Waals surface area contributed by atoms with Crippen LogP contribution in [0.25, 0.3) is 11.2 Å². The monoisotopic (exact) mass is 442 g/mol. The van der Waals surface area contributed by atoms with Crippen molar-refractivity contribution in [3.05, 3.63) is 12.7 Å². The van der Waals surface area contributed by atoms with E-state index in [1.807, 2.05) is 0 Å². The summed E-state index contributed by atoms with van der Waals surface area (Å²) >= 11 is 0. The number of carbonyl (C=O) groups excluding carboxylic acids is 1. The van der Waals surface area contributed by atoms with E-state index in [1.165, 1.54) is 17.2 Å². The van der Waals surface area contributed by atoms with Gasteiger partial charge in [-0.05, 0) is 0 Å². The quantitative estimate of drug-likeness (QED) is 0.236. The van der Waals surface area contributed by atoms with Gasteiger partial charge in [0.1, 0.15) is 41.7 Å². The Kier molecular flexibility index (Phi) is 6.72. The number of imidazole rings is 1. The third-order valence-corrected chi connectivity index (χ3v) is 7.01. The van der Waals surface area contributed by atoms with Gasteiger partial charge in [0.05, 0.1) is 12.3 Å². The predicted molar refractivity (Wildman–Crippen MR) is 103 cm³/mol. The van der Waals surface area contributed by atoms with Crippen molar-refractivity contribution in [1.82, 2.24) is 19.5 Å². The van der Waals surface area contributed by atoms with Crippen molar-refractivity contribution < 1.29 is 34.8 Å². The van der Waals surface area contributed by atoms with E-state index < -0.39 is 53.4 Å². The van der Waals surface area contributed by atoms with Gasteiger partial charge in [-0.25, -0.2) is 19.7 Å². The van der Waals surface area contributed by atoms with Gasteiger partial charge in [0.15, 0.2) is 17.7 Å². The summed E-state index contributed by atoms with van der Waals surface area (Å²) in [6, 6.07) is -1.22. The molecule has 0 aliphatic carbocycles. The molecule has 2 aromatic heterocycles. The van der Waals surface area contributed by atoms with Crippen LogP contribution in [0.5, 0.6) is 0 Å². The van der Waals surface area contributed by atoms with E-state index >= 15 is 0 Å². The molecule has 0 amide bonds. The summed E-state index contributed by atoms with van der Waals surface area (Å²) in [7, 11) is -0.847. The first-order valence-electron chi connectivity index (χ1n) is 8.96. The van der Waals surface area contributed by atoms with Crippen LogP contribution in [0, 0.1) is 0 Å². The molecule has 0 bridgehead atoms. The highest BCUT2D eigenvalue weighted by molar-refractivity contribution is 7.97. The van der Waals surface area contributed by atoms with Crippen LogP contribution in [0.4, 0.5) is 5.82 Å². The molecule has 1 fully saturated rings. The molecule has 3 heterocycles. The standard InChI is InChI=1S/C16H22N6O7S/c17-7(16(27)28)1-2-30(4-9(23)24)3-8-11(25)12(26)15(29-8)22-6-21-10-13(18)19-5-20-14(10)22/h5-8,11-12,15,25-26H,1-4,17H2,(H3-,18,19,20,23,24,27,28)/t7-,8+,11+,12+,15+,30?/m0/s1. The topological polar surface area (TPSA) is 223 Å².